The first-order valence-corrected chi connectivity index (χ1v) is 7.59. The molecule has 106 valence electrons. The summed E-state index contributed by atoms with van der Waals surface area (Å²) in [6, 6.07) is 4.84. The second kappa shape index (κ2) is 5.93. The highest BCUT2D eigenvalue weighted by molar-refractivity contribution is 9.11. The molecule has 1 heterocycles. The Hall–Kier alpha value is -1.40. The average Bonchev–Trinajstić information content (AvgIpc) is 2.78. The molecule has 6 heteroatoms. The van der Waals surface area contributed by atoms with Crippen molar-refractivity contribution in [3.63, 3.8) is 0 Å². The maximum Gasteiger partial charge on any atom is 0.256 e. The molecule has 20 heavy (non-hydrogen) atoms. The summed E-state index contributed by atoms with van der Waals surface area (Å²) in [5.74, 6) is -0.886. The van der Waals surface area contributed by atoms with Crippen molar-refractivity contribution >= 4 is 38.9 Å². The molecule has 0 bridgehead atoms. The van der Waals surface area contributed by atoms with Crippen LogP contribution in [0.3, 0.4) is 0 Å². The molecule has 0 aliphatic rings. The minimum atomic E-state index is -0.512. The molecule has 0 saturated carbocycles. The van der Waals surface area contributed by atoms with E-state index in [0.29, 0.717) is 17.8 Å². The molecule has 3 nitrogen and oxygen atoms in total. The SMILES string of the molecule is Cc1cc(N)cc(C(=O)N(C)Cc2csc(Br)c2)c1F. The van der Waals surface area contributed by atoms with Gasteiger partial charge in [-0.2, -0.15) is 0 Å². The van der Waals surface area contributed by atoms with Gasteiger partial charge >= 0.3 is 0 Å². The summed E-state index contributed by atoms with van der Waals surface area (Å²) in [4.78, 5) is 13.8. The van der Waals surface area contributed by atoms with E-state index in [-0.39, 0.29) is 11.5 Å². The van der Waals surface area contributed by atoms with Crippen molar-refractivity contribution in [1.29, 1.82) is 0 Å². The van der Waals surface area contributed by atoms with E-state index in [1.54, 1.807) is 25.3 Å². The first-order valence-electron chi connectivity index (χ1n) is 5.92. The number of halogens is 2. The van der Waals surface area contributed by atoms with Gasteiger partial charge in [0, 0.05) is 19.3 Å². The van der Waals surface area contributed by atoms with E-state index in [0.717, 1.165) is 9.35 Å². The minimum absolute atomic E-state index is 0.0132. The molecule has 2 aromatic rings. The molecule has 0 spiro atoms. The molecule has 0 aliphatic carbocycles. The molecule has 0 saturated heterocycles. The molecule has 2 rings (SSSR count). The highest BCUT2D eigenvalue weighted by Crippen LogP contribution is 2.23. The van der Waals surface area contributed by atoms with Gasteiger partial charge in [-0.15, -0.1) is 11.3 Å². The highest BCUT2D eigenvalue weighted by atomic mass is 79.9. The minimum Gasteiger partial charge on any atom is -0.399 e. The molecule has 1 aromatic heterocycles. The third-order valence-corrected chi connectivity index (χ3v) is 4.45. The van der Waals surface area contributed by atoms with Crippen LogP contribution >= 0.6 is 27.3 Å². The zero-order chi connectivity index (χ0) is 14.9. The van der Waals surface area contributed by atoms with E-state index in [1.165, 1.54) is 17.0 Å². The smallest absolute Gasteiger partial charge is 0.256 e. The summed E-state index contributed by atoms with van der Waals surface area (Å²) in [6.45, 7) is 2.02. The van der Waals surface area contributed by atoms with Crippen molar-refractivity contribution in [3.05, 3.63) is 49.9 Å². The topological polar surface area (TPSA) is 46.3 Å². The van der Waals surface area contributed by atoms with Crippen LogP contribution in [-0.2, 0) is 6.54 Å². The van der Waals surface area contributed by atoms with Gasteiger partial charge in [0.05, 0.1) is 9.35 Å². The van der Waals surface area contributed by atoms with Crippen molar-refractivity contribution in [2.45, 2.75) is 13.5 Å². The second-order valence-corrected chi connectivity index (χ2v) is 6.91. The molecule has 2 N–H and O–H groups in total. The number of anilines is 1. The first-order chi connectivity index (χ1) is 9.38. The number of hydrogen-bond acceptors (Lipinski definition) is 3. The van der Waals surface area contributed by atoms with Gasteiger partial charge in [-0.3, -0.25) is 4.79 Å². The molecule has 0 atom stereocenters. The Bertz CT molecular complexity index is 657. The predicted molar refractivity (Wildman–Crippen MR) is 83.4 cm³/mol. The Kier molecular flexibility index (Phi) is 4.45. The Labute approximate surface area is 129 Å². The lowest BCUT2D eigenvalue weighted by atomic mass is 10.1. The summed E-state index contributed by atoms with van der Waals surface area (Å²) in [7, 11) is 1.64. The molecule has 0 fully saturated rings. The fourth-order valence-corrected chi connectivity index (χ4v) is 3.13. The second-order valence-electron chi connectivity index (χ2n) is 4.62. The van der Waals surface area contributed by atoms with E-state index in [2.05, 4.69) is 15.9 Å². The van der Waals surface area contributed by atoms with E-state index in [1.807, 2.05) is 11.4 Å². The van der Waals surface area contributed by atoms with E-state index in [9.17, 15) is 9.18 Å². The summed E-state index contributed by atoms with van der Waals surface area (Å²) in [5.41, 5.74) is 7.46. The van der Waals surface area contributed by atoms with Crippen LogP contribution in [0.15, 0.2) is 27.4 Å². The van der Waals surface area contributed by atoms with E-state index in [4.69, 9.17) is 5.73 Å². The van der Waals surface area contributed by atoms with Crippen molar-refractivity contribution in [2.24, 2.45) is 0 Å². The van der Waals surface area contributed by atoms with Crippen LogP contribution < -0.4 is 5.73 Å². The zero-order valence-electron chi connectivity index (χ0n) is 11.1. The predicted octanol–water partition coefficient (Wildman–Crippen LogP) is 3.81. The number of hydrogen-bond donors (Lipinski definition) is 1. The summed E-state index contributed by atoms with van der Waals surface area (Å²) in [5, 5.41) is 1.95. The van der Waals surface area contributed by atoms with Crippen LogP contribution in [0.1, 0.15) is 21.5 Å². The van der Waals surface area contributed by atoms with Crippen LogP contribution in [0.4, 0.5) is 10.1 Å². The molecular formula is C14H14BrFN2OS. The maximum absolute atomic E-state index is 14.0. The number of benzene rings is 1. The number of rotatable bonds is 3. The van der Waals surface area contributed by atoms with E-state index < -0.39 is 5.82 Å². The van der Waals surface area contributed by atoms with Crippen LogP contribution in [0.5, 0.6) is 0 Å². The lowest BCUT2D eigenvalue weighted by molar-refractivity contribution is 0.0780. The van der Waals surface area contributed by atoms with Crippen LogP contribution in [0, 0.1) is 12.7 Å². The Morgan fingerprint density at radius 1 is 1.45 bits per heavy atom. The van der Waals surface area contributed by atoms with Crippen LogP contribution in [0.2, 0.25) is 0 Å². The lowest BCUT2D eigenvalue weighted by Crippen LogP contribution is -2.27. The maximum atomic E-state index is 14.0. The van der Waals surface area contributed by atoms with E-state index >= 15 is 0 Å². The first kappa shape index (κ1) is 15.0. The van der Waals surface area contributed by atoms with Gasteiger partial charge in [0.15, 0.2) is 0 Å². The molecule has 1 aromatic carbocycles. The number of nitrogens with zero attached hydrogens (tertiary/aromatic N) is 1. The molecule has 0 aliphatic heterocycles. The lowest BCUT2D eigenvalue weighted by Gasteiger charge is -2.17. The van der Waals surface area contributed by atoms with Gasteiger partial charge in [-0.05, 0) is 57.6 Å². The van der Waals surface area contributed by atoms with Gasteiger partial charge in [-0.1, -0.05) is 0 Å². The average molecular weight is 357 g/mol. The number of nitrogens with two attached hydrogens (primary N) is 1. The highest BCUT2D eigenvalue weighted by Gasteiger charge is 2.18. The Morgan fingerprint density at radius 2 is 2.15 bits per heavy atom. The number of thiophene rings is 1. The standard InChI is InChI=1S/C14H14BrFN2OS/c1-8-3-10(17)5-11(13(8)16)14(19)18(2)6-9-4-12(15)20-7-9/h3-5,7H,6,17H2,1-2H3. The van der Waals surface area contributed by atoms with Crippen molar-refractivity contribution < 1.29 is 9.18 Å². The summed E-state index contributed by atoms with van der Waals surface area (Å²) in [6.07, 6.45) is 0. The molecule has 1 amide bonds. The number of amides is 1. The third-order valence-electron chi connectivity index (χ3n) is 2.90. The number of carbonyl (C=O) groups is 1. The van der Waals surface area contributed by atoms with Gasteiger partial charge < -0.3 is 10.6 Å². The third kappa shape index (κ3) is 3.19. The molecule has 0 radical (unpaired) electrons. The van der Waals surface area contributed by atoms with Crippen molar-refractivity contribution in [1.82, 2.24) is 4.90 Å². The van der Waals surface area contributed by atoms with Crippen LogP contribution in [-0.4, -0.2) is 17.9 Å². The van der Waals surface area contributed by atoms with Gasteiger partial charge in [-0.25, -0.2) is 4.39 Å². The Morgan fingerprint density at radius 3 is 2.75 bits per heavy atom. The van der Waals surface area contributed by atoms with Gasteiger partial charge in [0.2, 0.25) is 0 Å². The quantitative estimate of drug-likeness (QED) is 0.849. The monoisotopic (exact) mass is 356 g/mol. The fourth-order valence-electron chi connectivity index (χ4n) is 1.93. The molecule has 0 unspecified atom stereocenters. The summed E-state index contributed by atoms with van der Waals surface area (Å²) < 4.78 is 15.0. The number of aryl methyl sites for hydroxylation is 1. The number of nitrogen functional groups attached to an aromatic ring is 1. The van der Waals surface area contributed by atoms with Crippen LogP contribution in [0.25, 0.3) is 0 Å². The normalized spacial score (nSPS) is 10.6. The molecular weight excluding hydrogens is 343 g/mol. The van der Waals surface area contributed by atoms with Crippen molar-refractivity contribution in [3.8, 4) is 0 Å². The zero-order valence-corrected chi connectivity index (χ0v) is 13.5. The number of carbonyl (C=O) groups excluding carboxylic acids is 1. The summed E-state index contributed by atoms with van der Waals surface area (Å²) >= 11 is 4.92. The fraction of sp³-hybridized carbons (Fsp3) is 0.214. The van der Waals surface area contributed by atoms with Crippen molar-refractivity contribution in [2.75, 3.05) is 12.8 Å². The largest absolute Gasteiger partial charge is 0.399 e. The Balaban J connectivity index is 2.22. The van der Waals surface area contributed by atoms with Gasteiger partial charge in [0.25, 0.3) is 5.91 Å². The van der Waals surface area contributed by atoms with Gasteiger partial charge in [0.1, 0.15) is 5.82 Å².